The van der Waals surface area contributed by atoms with Gasteiger partial charge in [0.25, 0.3) is 5.91 Å². The lowest BCUT2D eigenvalue weighted by Gasteiger charge is -2.14. The van der Waals surface area contributed by atoms with Crippen molar-refractivity contribution in [3.05, 3.63) is 41.5 Å². The largest absolute Gasteiger partial charge is 0.484 e. The smallest absolute Gasteiger partial charge is 0.273 e. The molecule has 2 N–H and O–H groups in total. The van der Waals surface area contributed by atoms with Gasteiger partial charge in [-0.05, 0) is 37.5 Å². The minimum absolute atomic E-state index is 0.111. The van der Waals surface area contributed by atoms with Crippen LogP contribution in [0.25, 0.3) is 0 Å². The fourth-order valence-corrected chi connectivity index (χ4v) is 2.43. The van der Waals surface area contributed by atoms with Gasteiger partial charge in [0, 0.05) is 11.8 Å². The number of thioether (sulfide) groups is 1. The highest BCUT2D eigenvalue weighted by atomic mass is 32.2. The zero-order chi connectivity index (χ0) is 17.4. The minimum atomic E-state index is -0.373. The highest BCUT2D eigenvalue weighted by molar-refractivity contribution is 7.98. The molecule has 2 rings (SSSR count). The second-order valence-electron chi connectivity index (χ2n) is 5.24. The number of hydrogen-bond donors (Lipinski definition) is 2. The van der Waals surface area contributed by atoms with Crippen molar-refractivity contribution in [3.63, 3.8) is 0 Å². The van der Waals surface area contributed by atoms with Crippen LogP contribution in [0.2, 0.25) is 0 Å². The first-order valence-corrected chi connectivity index (χ1v) is 8.93. The van der Waals surface area contributed by atoms with Crippen molar-refractivity contribution in [1.29, 1.82) is 0 Å². The number of hydrogen-bond acceptors (Lipinski definition) is 7. The lowest BCUT2D eigenvalue weighted by molar-refractivity contribution is 0.0906. The zero-order valence-corrected chi connectivity index (χ0v) is 14.5. The standard InChI is InChI=1S/C16H21N3O4S/c1-11-3-4-13(8-17-11)22-10-14-7-15(19-23-14)16(21)18-12(9-20)5-6-24-2/h3-4,7-8,12,20H,5-6,9-10H2,1-2H3,(H,18,21)/t12-/m0/s1. The summed E-state index contributed by atoms with van der Waals surface area (Å²) >= 11 is 1.66. The van der Waals surface area contributed by atoms with E-state index in [-0.39, 0.29) is 30.9 Å². The molecule has 0 aromatic carbocycles. The molecule has 0 fully saturated rings. The number of rotatable bonds is 9. The molecule has 0 saturated heterocycles. The number of aryl methyl sites for hydroxylation is 1. The second kappa shape index (κ2) is 9.29. The Morgan fingerprint density at radius 2 is 2.33 bits per heavy atom. The Balaban J connectivity index is 1.87. The number of amides is 1. The maximum absolute atomic E-state index is 12.1. The van der Waals surface area contributed by atoms with Gasteiger partial charge in [0.15, 0.2) is 11.5 Å². The molecule has 130 valence electrons. The Labute approximate surface area is 144 Å². The number of carbonyl (C=O) groups is 1. The molecular weight excluding hydrogens is 330 g/mol. The van der Waals surface area contributed by atoms with Crippen molar-refractivity contribution in [2.75, 3.05) is 18.6 Å². The molecule has 1 atom stereocenters. The molecule has 1 amide bonds. The normalized spacial score (nSPS) is 12.0. The van der Waals surface area contributed by atoms with Crippen LogP contribution >= 0.6 is 11.8 Å². The summed E-state index contributed by atoms with van der Waals surface area (Å²) in [7, 11) is 0. The molecule has 0 unspecified atom stereocenters. The maximum Gasteiger partial charge on any atom is 0.273 e. The average molecular weight is 351 g/mol. The Morgan fingerprint density at radius 3 is 3.00 bits per heavy atom. The Morgan fingerprint density at radius 1 is 1.50 bits per heavy atom. The molecule has 0 aliphatic rings. The van der Waals surface area contributed by atoms with Gasteiger partial charge in [-0.1, -0.05) is 5.16 Å². The number of nitrogens with zero attached hydrogens (tertiary/aromatic N) is 2. The minimum Gasteiger partial charge on any atom is -0.484 e. The average Bonchev–Trinajstić information content (AvgIpc) is 3.07. The van der Waals surface area contributed by atoms with Crippen molar-refractivity contribution in [2.45, 2.75) is 26.0 Å². The van der Waals surface area contributed by atoms with Crippen LogP contribution in [0, 0.1) is 6.92 Å². The van der Waals surface area contributed by atoms with Crippen molar-refractivity contribution in [3.8, 4) is 5.75 Å². The van der Waals surface area contributed by atoms with Gasteiger partial charge in [0.05, 0.1) is 18.8 Å². The molecule has 0 saturated carbocycles. The van der Waals surface area contributed by atoms with Crippen LogP contribution in [-0.2, 0) is 6.61 Å². The van der Waals surface area contributed by atoms with E-state index in [4.69, 9.17) is 9.26 Å². The van der Waals surface area contributed by atoms with E-state index in [1.54, 1.807) is 18.0 Å². The molecule has 0 radical (unpaired) electrons. The van der Waals surface area contributed by atoms with Gasteiger partial charge < -0.3 is 19.7 Å². The summed E-state index contributed by atoms with van der Waals surface area (Å²) in [6.45, 7) is 1.94. The summed E-state index contributed by atoms with van der Waals surface area (Å²) in [6.07, 6.45) is 4.29. The number of nitrogens with one attached hydrogen (secondary N) is 1. The van der Waals surface area contributed by atoms with Crippen LogP contribution in [-0.4, -0.2) is 45.8 Å². The molecule has 7 nitrogen and oxygen atoms in total. The summed E-state index contributed by atoms with van der Waals surface area (Å²) in [5.41, 5.74) is 1.07. The topological polar surface area (TPSA) is 97.5 Å². The van der Waals surface area contributed by atoms with Gasteiger partial charge in [-0.25, -0.2) is 0 Å². The number of aliphatic hydroxyl groups excluding tert-OH is 1. The third-order valence-electron chi connectivity index (χ3n) is 3.28. The summed E-state index contributed by atoms with van der Waals surface area (Å²) in [6, 6.07) is 4.89. The van der Waals surface area contributed by atoms with E-state index in [9.17, 15) is 9.90 Å². The highest BCUT2D eigenvalue weighted by Gasteiger charge is 2.17. The molecule has 0 aliphatic heterocycles. The maximum atomic E-state index is 12.1. The molecule has 2 aromatic heterocycles. The molecule has 2 aromatic rings. The van der Waals surface area contributed by atoms with E-state index in [2.05, 4.69) is 15.5 Å². The van der Waals surface area contributed by atoms with E-state index < -0.39 is 0 Å². The first-order chi connectivity index (χ1) is 11.6. The molecule has 0 aliphatic carbocycles. The molecule has 8 heteroatoms. The van der Waals surface area contributed by atoms with Gasteiger partial charge in [-0.15, -0.1) is 0 Å². The first kappa shape index (κ1) is 18.3. The van der Waals surface area contributed by atoms with E-state index >= 15 is 0 Å². The highest BCUT2D eigenvalue weighted by Crippen LogP contribution is 2.12. The summed E-state index contributed by atoms with van der Waals surface area (Å²) in [5, 5.41) is 15.8. The van der Waals surface area contributed by atoms with Gasteiger partial charge in [0.1, 0.15) is 12.4 Å². The third kappa shape index (κ3) is 5.54. The SMILES string of the molecule is CSCC[C@@H](CO)NC(=O)c1cc(COc2ccc(C)nc2)on1. The van der Waals surface area contributed by atoms with E-state index in [1.165, 1.54) is 6.07 Å². The predicted octanol–water partition coefficient (Wildman–Crippen LogP) is 1.80. The third-order valence-corrected chi connectivity index (χ3v) is 3.93. The lowest BCUT2D eigenvalue weighted by atomic mass is 10.2. The molecular formula is C16H21N3O4S. The monoisotopic (exact) mass is 351 g/mol. The number of aliphatic hydroxyl groups is 1. The van der Waals surface area contributed by atoms with E-state index in [0.717, 1.165) is 11.4 Å². The van der Waals surface area contributed by atoms with Crippen molar-refractivity contribution in [1.82, 2.24) is 15.5 Å². The molecule has 24 heavy (non-hydrogen) atoms. The van der Waals surface area contributed by atoms with Gasteiger partial charge in [-0.3, -0.25) is 9.78 Å². The number of ether oxygens (including phenoxy) is 1. The fourth-order valence-electron chi connectivity index (χ4n) is 1.91. The van der Waals surface area contributed by atoms with Crippen molar-refractivity contribution >= 4 is 17.7 Å². The zero-order valence-electron chi connectivity index (χ0n) is 13.7. The van der Waals surface area contributed by atoms with Crippen LogP contribution < -0.4 is 10.1 Å². The van der Waals surface area contributed by atoms with Gasteiger partial charge in [-0.2, -0.15) is 11.8 Å². The molecule has 0 bridgehead atoms. The number of carbonyl (C=O) groups excluding carboxylic acids is 1. The van der Waals surface area contributed by atoms with E-state index in [1.807, 2.05) is 25.3 Å². The van der Waals surface area contributed by atoms with Crippen LogP contribution in [0.5, 0.6) is 5.75 Å². The van der Waals surface area contributed by atoms with Crippen LogP contribution in [0.3, 0.4) is 0 Å². The Kier molecular flexibility index (Phi) is 7.07. The molecule has 2 heterocycles. The summed E-state index contributed by atoms with van der Waals surface area (Å²) < 4.78 is 10.6. The number of pyridine rings is 1. The van der Waals surface area contributed by atoms with Crippen LogP contribution in [0.1, 0.15) is 28.4 Å². The first-order valence-electron chi connectivity index (χ1n) is 7.54. The van der Waals surface area contributed by atoms with Crippen molar-refractivity contribution in [2.24, 2.45) is 0 Å². The second-order valence-corrected chi connectivity index (χ2v) is 6.22. The van der Waals surface area contributed by atoms with Crippen molar-refractivity contribution < 1.29 is 19.2 Å². The Bertz CT molecular complexity index is 645. The fraction of sp³-hybridized carbons (Fsp3) is 0.438. The van der Waals surface area contributed by atoms with E-state index in [0.29, 0.717) is 17.9 Å². The molecule has 0 spiro atoms. The summed E-state index contributed by atoms with van der Waals surface area (Å²) in [5.74, 6) is 1.53. The quantitative estimate of drug-likeness (QED) is 0.711. The lowest BCUT2D eigenvalue weighted by Crippen LogP contribution is -2.38. The van der Waals surface area contributed by atoms with Crippen LogP contribution in [0.4, 0.5) is 0 Å². The predicted molar refractivity (Wildman–Crippen MR) is 91.1 cm³/mol. The van der Waals surface area contributed by atoms with Crippen LogP contribution in [0.15, 0.2) is 28.9 Å². The number of aromatic nitrogens is 2. The summed E-state index contributed by atoms with van der Waals surface area (Å²) in [4.78, 5) is 16.2. The van der Waals surface area contributed by atoms with Gasteiger partial charge >= 0.3 is 0 Å². The Hall–Kier alpha value is -2.06. The van der Waals surface area contributed by atoms with Gasteiger partial charge in [0.2, 0.25) is 0 Å².